The third-order valence-electron chi connectivity index (χ3n) is 2.75. The van der Waals surface area contributed by atoms with Crippen molar-refractivity contribution in [3.8, 4) is 0 Å². The number of aromatic nitrogens is 3. The average molecular weight is 272 g/mol. The highest BCUT2D eigenvalue weighted by atomic mass is 32.1. The third-order valence-corrected chi connectivity index (χ3v) is 3.66. The first-order chi connectivity index (χ1) is 9.22. The topological polar surface area (TPSA) is 70.7 Å². The Morgan fingerprint density at radius 1 is 1.42 bits per heavy atom. The van der Waals surface area contributed by atoms with E-state index in [9.17, 15) is 4.79 Å². The molecular weight excluding hydrogens is 260 g/mol. The van der Waals surface area contributed by atoms with Gasteiger partial charge in [0.05, 0.1) is 23.9 Å². The van der Waals surface area contributed by atoms with Crippen molar-refractivity contribution in [2.75, 3.05) is 0 Å². The molecule has 2 N–H and O–H groups in total. The predicted octanol–water partition coefficient (Wildman–Crippen LogP) is 2.26. The fourth-order valence-corrected chi connectivity index (χ4v) is 2.54. The lowest BCUT2D eigenvalue weighted by molar-refractivity contribution is 0.0951. The summed E-state index contributed by atoms with van der Waals surface area (Å²) in [5.74, 6) is -0.107. The Bertz CT molecular complexity index is 731. The van der Waals surface area contributed by atoms with Crippen LogP contribution in [0.5, 0.6) is 0 Å². The molecule has 0 aliphatic heterocycles. The molecule has 2 aromatic heterocycles. The van der Waals surface area contributed by atoms with Gasteiger partial charge in [0, 0.05) is 16.6 Å². The van der Waals surface area contributed by atoms with Gasteiger partial charge in [-0.1, -0.05) is 0 Å². The lowest BCUT2D eigenvalue weighted by Gasteiger charge is -2.03. The number of fused-ring (bicyclic) bond motifs is 1. The van der Waals surface area contributed by atoms with Crippen LogP contribution in [0.25, 0.3) is 11.0 Å². The molecule has 3 rings (SSSR count). The molecule has 0 spiro atoms. The maximum Gasteiger partial charge on any atom is 0.251 e. The van der Waals surface area contributed by atoms with Crippen LogP contribution in [-0.2, 0) is 6.54 Å². The number of imidazole rings is 1. The molecule has 0 radical (unpaired) electrons. The van der Waals surface area contributed by atoms with Crippen molar-refractivity contribution in [1.82, 2.24) is 20.3 Å². The van der Waals surface area contributed by atoms with Crippen LogP contribution in [0.1, 0.15) is 20.2 Å². The number of rotatable bonds is 3. The Morgan fingerprint density at radius 3 is 3.11 bits per heavy atom. The summed E-state index contributed by atoms with van der Waals surface area (Å²) in [5, 5.41) is 3.77. The molecule has 5 nitrogen and oxygen atoms in total. The van der Waals surface area contributed by atoms with Gasteiger partial charge in [-0.05, 0) is 25.1 Å². The van der Waals surface area contributed by atoms with Crippen LogP contribution >= 0.6 is 11.3 Å². The monoisotopic (exact) mass is 272 g/mol. The molecule has 19 heavy (non-hydrogen) atoms. The zero-order chi connectivity index (χ0) is 13.2. The quantitative estimate of drug-likeness (QED) is 0.768. The van der Waals surface area contributed by atoms with E-state index >= 15 is 0 Å². The van der Waals surface area contributed by atoms with Crippen LogP contribution in [0.15, 0.2) is 30.7 Å². The molecule has 1 aromatic carbocycles. The van der Waals surface area contributed by atoms with Gasteiger partial charge >= 0.3 is 0 Å². The molecule has 0 aliphatic carbocycles. The van der Waals surface area contributed by atoms with Gasteiger partial charge in [0.2, 0.25) is 0 Å². The minimum absolute atomic E-state index is 0.107. The van der Waals surface area contributed by atoms with Crippen molar-refractivity contribution >= 4 is 28.3 Å². The number of nitrogens with one attached hydrogen (secondary N) is 2. The maximum atomic E-state index is 12.0. The van der Waals surface area contributed by atoms with Crippen molar-refractivity contribution in [2.24, 2.45) is 0 Å². The van der Waals surface area contributed by atoms with E-state index in [1.54, 1.807) is 29.8 Å². The van der Waals surface area contributed by atoms with Crippen LogP contribution < -0.4 is 5.32 Å². The minimum Gasteiger partial charge on any atom is -0.346 e. The maximum absolute atomic E-state index is 12.0. The molecule has 6 heteroatoms. The first-order valence-corrected chi connectivity index (χ1v) is 6.66. The number of hydrogen-bond donors (Lipinski definition) is 2. The second kappa shape index (κ2) is 4.81. The molecule has 3 aromatic rings. The van der Waals surface area contributed by atoms with Gasteiger partial charge in [0.1, 0.15) is 5.01 Å². The molecule has 2 heterocycles. The summed E-state index contributed by atoms with van der Waals surface area (Å²) in [7, 11) is 0. The van der Waals surface area contributed by atoms with E-state index in [1.807, 2.05) is 19.2 Å². The smallest absolute Gasteiger partial charge is 0.251 e. The fourth-order valence-electron chi connectivity index (χ4n) is 1.82. The summed E-state index contributed by atoms with van der Waals surface area (Å²) in [4.78, 5) is 24.5. The van der Waals surface area contributed by atoms with E-state index in [0.717, 1.165) is 20.9 Å². The van der Waals surface area contributed by atoms with Crippen molar-refractivity contribution < 1.29 is 4.79 Å². The Morgan fingerprint density at radius 2 is 2.32 bits per heavy atom. The Kier molecular flexibility index (Phi) is 3.00. The molecule has 0 bridgehead atoms. The van der Waals surface area contributed by atoms with Gasteiger partial charge in [-0.3, -0.25) is 4.79 Å². The Balaban J connectivity index is 1.72. The molecule has 96 valence electrons. The molecule has 0 unspecified atom stereocenters. The number of benzene rings is 1. The number of aromatic amines is 1. The number of thiazole rings is 1. The van der Waals surface area contributed by atoms with Crippen molar-refractivity contribution in [3.63, 3.8) is 0 Å². The lowest BCUT2D eigenvalue weighted by atomic mass is 10.2. The lowest BCUT2D eigenvalue weighted by Crippen LogP contribution is -2.22. The standard InChI is InChI=1S/C13H12N4OS/c1-8-5-14-12(19-8)6-15-13(18)9-2-3-10-11(4-9)17-7-16-10/h2-5,7H,6H2,1H3,(H,15,18)(H,16,17). The largest absolute Gasteiger partial charge is 0.346 e. The molecule has 1 amide bonds. The van der Waals surface area contributed by atoms with E-state index < -0.39 is 0 Å². The van der Waals surface area contributed by atoms with Crippen molar-refractivity contribution in [2.45, 2.75) is 13.5 Å². The number of aryl methyl sites for hydroxylation is 1. The number of nitrogens with zero attached hydrogens (tertiary/aromatic N) is 2. The molecule has 0 atom stereocenters. The minimum atomic E-state index is -0.107. The Labute approximate surface area is 113 Å². The van der Waals surface area contributed by atoms with E-state index in [-0.39, 0.29) is 5.91 Å². The van der Waals surface area contributed by atoms with Crippen LogP contribution in [0.3, 0.4) is 0 Å². The number of carbonyl (C=O) groups excluding carboxylic acids is 1. The summed E-state index contributed by atoms with van der Waals surface area (Å²) >= 11 is 1.59. The number of H-pyrrole nitrogens is 1. The van der Waals surface area contributed by atoms with Crippen LogP contribution in [0.2, 0.25) is 0 Å². The average Bonchev–Trinajstić information content (AvgIpc) is 3.03. The highest BCUT2D eigenvalue weighted by Crippen LogP contribution is 2.13. The van der Waals surface area contributed by atoms with Gasteiger partial charge in [-0.25, -0.2) is 9.97 Å². The molecule has 0 aliphatic rings. The van der Waals surface area contributed by atoms with Crippen LogP contribution in [-0.4, -0.2) is 20.9 Å². The van der Waals surface area contributed by atoms with Gasteiger partial charge < -0.3 is 10.3 Å². The van der Waals surface area contributed by atoms with Crippen LogP contribution in [0.4, 0.5) is 0 Å². The van der Waals surface area contributed by atoms with Crippen LogP contribution in [0, 0.1) is 6.92 Å². The highest BCUT2D eigenvalue weighted by molar-refractivity contribution is 7.11. The first-order valence-electron chi connectivity index (χ1n) is 5.85. The number of hydrogen-bond acceptors (Lipinski definition) is 4. The first kappa shape index (κ1) is 11.9. The fraction of sp³-hybridized carbons (Fsp3) is 0.154. The van der Waals surface area contributed by atoms with Crippen molar-refractivity contribution in [1.29, 1.82) is 0 Å². The summed E-state index contributed by atoms with van der Waals surface area (Å²) in [6.07, 6.45) is 3.42. The summed E-state index contributed by atoms with van der Waals surface area (Å²) in [6.45, 7) is 2.45. The SMILES string of the molecule is Cc1cnc(CNC(=O)c2ccc3nc[nH]c3c2)s1. The van der Waals surface area contributed by atoms with E-state index in [4.69, 9.17) is 0 Å². The zero-order valence-corrected chi connectivity index (χ0v) is 11.1. The second-order valence-corrected chi connectivity index (χ2v) is 5.50. The normalized spacial score (nSPS) is 10.8. The molecular formula is C13H12N4OS. The third kappa shape index (κ3) is 2.48. The summed E-state index contributed by atoms with van der Waals surface area (Å²) < 4.78 is 0. The van der Waals surface area contributed by atoms with E-state index in [1.165, 1.54) is 0 Å². The molecule has 0 saturated carbocycles. The summed E-state index contributed by atoms with van der Waals surface area (Å²) in [5.41, 5.74) is 2.33. The van der Waals surface area contributed by atoms with Gasteiger partial charge in [-0.2, -0.15) is 0 Å². The number of amides is 1. The van der Waals surface area contributed by atoms with Gasteiger partial charge in [-0.15, -0.1) is 11.3 Å². The second-order valence-electron chi connectivity index (χ2n) is 4.18. The van der Waals surface area contributed by atoms with Gasteiger partial charge in [0.15, 0.2) is 0 Å². The Hall–Kier alpha value is -2.21. The zero-order valence-electron chi connectivity index (χ0n) is 10.3. The highest BCUT2D eigenvalue weighted by Gasteiger charge is 2.08. The van der Waals surface area contributed by atoms with E-state index in [2.05, 4.69) is 20.3 Å². The van der Waals surface area contributed by atoms with E-state index in [0.29, 0.717) is 12.1 Å². The molecule has 0 saturated heterocycles. The predicted molar refractivity (Wildman–Crippen MR) is 74.1 cm³/mol. The number of carbonyl (C=O) groups is 1. The van der Waals surface area contributed by atoms with Crippen molar-refractivity contribution in [3.05, 3.63) is 46.2 Å². The summed E-state index contributed by atoms with van der Waals surface area (Å²) in [6, 6.07) is 5.39. The molecule has 0 fully saturated rings. The van der Waals surface area contributed by atoms with Gasteiger partial charge in [0.25, 0.3) is 5.91 Å².